The Morgan fingerprint density at radius 3 is 2.17 bits per heavy atom. The van der Waals surface area contributed by atoms with E-state index in [2.05, 4.69) is 5.32 Å². The molecule has 1 atom stereocenters. The second-order valence-corrected chi connectivity index (χ2v) is 6.77. The topological polar surface area (TPSA) is 81.5 Å². The maximum Gasteiger partial charge on any atom is 0.269 e. The quantitative estimate of drug-likeness (QED) is 0.319. The summed E-state index contributed by atoms with van der Waals surface area (Å²) in [5.74, 6) is 0.655. The van der Waals surface area contributed by atoms with Crippen molar-refractivity contribution in [1.82, 2.24) is 0 Å². The smallest absolute Gasteiger partial charge is 0.269 e. The van der Waals surface area contributed by atoms with E-state index in [1.165, 1.54) is 12.1 Å². The van der Waals surface area contributed by atoms with Crippen molar-refractivity contribution in [2.75, 3.05) is 12.4 Å². The van der Waals surface area contributed by atoms with Gasteiger partial charge in [-0.1, -0.05) is 29.8 Å². The van der Waals surface area contributed by atoms with Crippen LogP contribution in [0.1, 0.15) is 33.9 Å². The number of hydrogen-bond donors (Lipinski definition) is 1. The summed E-state index contributed by atoms with van der Waals surface area (Å²) in [5.41, 5.74) is 3.42. The van der Waals surface area contributed by atoms with Gasteiger partial charge in [0.25, 0.3) is 5.69 Å². The number of non-ortho nitro benzene ring substituents is 1. The standard InChI is InChI=1S/C23H22N2O4/c1-16-3-9-19(10-4-16)24-22(17-5-11-20(12-6-17)25(27)28)15-23(26)18-7-13-21(29-2)14-8-18/h3-14,22,24H,15H2,1-2H3. The molecule has 0 aromatic heterocycles. The first-order valence-corrected chi connectivity index (χ1v) is 9.21. The van der Waals surface area contributed by atoms with E-state index in [4.69, 9.17) is 4.74 Å². The molecule has 6 heteroatoms. The number of ketones is 1. The van der Waals surface area contributed by atoms with Gasteiger partial charge in [-0.3, -0.25) is 14.9 Å². The average Bonchev–Trinajstić information content (AvgIpc) is 2.75. The molecule has 3 rings (SSSR count). The molecule has 1 N–H and O–H groups in total. The molecule has 1 unspecified atom stereocenters. The molecule has 0 saturated heterocycles. The van der Waals surface area contributed by atoms with Crippen molar-refractivity contribution in [3.63, 3.8) is 0 Å². The van der Waals surface area contributed by atoms with Crippen molar-refractivity contribution >= 4 is 17.2 Å². The molecule has 0 amide bonds. The van der Waals surface area contributed by atoms with Gasteiger partial charge in [-0.2, -0.15) is 0 Å². The Morgan fingerprint density at radius 2 is 1.62 bits per heavy atom. The van der Waals surface area contributed by atoms with Gasteiger partial charge in [0, 0.05) is 29.8 Å². The number of nitrogens with one attached hydrogen (secondary N) is 1. The van der Waals surface area contributed by atoms with Crippen molar-refractivity contribution in [3.8, 4) is 5.75 Å². The van der Waals surface area contributed by atoms with Crippen LogP contribution in [0.25, 0.3) is 0 Å². The number of nitro benzene ring substituents is 1. The third-order valence-corrected chi connectivity index (χ3v) is 4.70. The van der Waals surface area contributed by atoms with Crippen LogP contribution in [0.15, 0.2) is 72.8 Å². The number of carbonyl (C=O) groups excluding carboxylic acids is 1. The lowest BCUT2D eigenvalue weighted by Crippen LogP contribution is -2.16. The van der Waals surface area contributed by atoms with E-state index in [-0.39, 0.29) is 23.9 Å². The number of carbonyl (C=O) groups is 1. The minimum absolute atomic E-state index is 0.0179. The first-order valence-electron chi connectivity index (χ1n) is 9.21. The van der Waals surface area contributed by atoms with Gasteiger partial charge in [0.05, 0.1) is 18.1 Å². The zero-order valence-electron chi connectivity index (χ0n) is 16.3. The number of anilines is 1. The molecule has 6 nitrogen and oxygen atoms in total. The summed E-state index contributed by atoms with van der Waals surface area (Å²) in [6.45, 7) is 2.00. The maximum absolute atomic E-state index is 12.9. The number of benzene rings is 3. The largest absolute Gasteiger partial charge is 0.497 e. The highest BCUT2D eigenvalue weighted by Gasteiger charge is 2.19. The van der Waals surface area contributed by atoms with Gasteiger partial charge in [0.2, 0.25) is 0 Å². The van der Waals surface area contributed by atoms with E-state index < -0.39 is 4.92 Å². The third kappa shape index (κ3) is 5.19. The summed E-state index contributed by atoms with van der Waals surface area (Å²) in [5, 5.41) is 14.3. The first-order chi connectivity index (χ1) is 14.0. The van der Waals surface area contributed by atoms with Gasteiger partial charge in [0.15, 0.2) is 5.78 Å². The van der Waals surface area contributed by atoms with Crippen LogP contribution in [0.2, 0.25) is 0 Å². The Morgan fingerprint density at radius 1 is 1.00 bits per heavy atom. The van der Waals surface area contributed by atoms with Crippen molar-refractivity contribution in [2.24, 2.45) is 0 Å². The fourth-order valence-corrected chi connectivity index (χ4v) is 3.01. The molecule has 29 heavy (non-hydrogen) atoms. The number of Topliss-reactive ketones (excluding diaryl/α,β-unsaturated/α-hetero) is 1. The van der Waals surface area contributed by atoms with Crippen molar-refractivity contribution in [3.05, 3.63) is 99.6 Å². The molecular weight excluding hydrogens is 368 g/mol. The highest BCUT2D eigenvalue weighted by atomic mass is 16.6. The Balaban J connectivity index is 1.85. The first kappa shape index (κ1) is 20.1. The second-order valence-electron chi connectivity index (χ2n) is 6.77. The molecule has 3 aromatic carbocycles. The fraction of sp³-hybridized carbons (Fsp3) is 0.174. The molecule has 0 fully saturated rings. The van der Waals surface area contributed by atoms with Crippen LogP contribution in [0.3, 0.4) is 0 Å². The predicted molar refractivity (Wildman–Crippen MR) is 113 cm³/mol. The van der Waals surface area contributed by atoms with Crippen LogP contribution >= 0.6 is 0 Å². The lowest BCUT2D eigenvalue weighted by atomic mass is 9.97. The summed E-state index contributed by atoms with van der Waals surface area (Å²) in [6, 6.07) is 20.8. The molecule has 0 spiro atoms. The minimum atomic E-state index is -0.436. The van der Waals surface area contributed by atoms with E-state index in [9.17, 15) is 14.9 Å². The van der Waals surface area contributed by atoms with Crippen LogP contribution in [0.4, 0.5) is 11.4 Å². The van der Waals surface area contributed by atoms with E-state index in [0.717, 1.165) is 16.8 Å². The Labute approximate surface area is 169 Å². The minimum Gasteiger partial charge on any atom is -0.497 e. The number of methoxy groups -OCH3 is 1. The number of hydrogen-bond acceptors (Lipinski definition) is 5. The lowest BCUT2D eigenvalue weighted by molar-refractivity contribution is -0.384. The monoisotopic (exact) mass is 390 g/mol. The fourth-order valence-electron chi connectivity index (χ4n) is 3.01. The van der Waals surface area contributed by atoms with Gasteiger partial charge in [-0.05, 0) is 48.9 Å². The summed E-state index contributed by atoms with van der Waals surface area (Å²) < 4.78 is 5.14. The van der Waals surface area contributed by atoms with E-state index in [0.29, 0.717) is 11.3 Å². The SMILES string of the molecule is COc1ccc(C(=O)CC(Nc2ccc(C)cc2)c2ccc([N+](=O)[O-])cc2)cc1. The second kappa shape index (κ2) is 9.01. The Bertz CT molecular complexity index is 981. The van der Waals surface area contributed by atoms with Crippen LogP contribution in [0, 0.1) is 17.0 Å². The highest BCUT2D eigenvalue weighted by molar-refractivity contribution is 5.96. The lowest BCUT2D eigenvalue weighted by Gasteiger charge is -2.20. The number of aryl methyl sites for hydroxylation is 1. The van der Waals surface area contributed by atoms with Crippen molar-refractivity contribution in [2.45, 2.75) is 19.4 Å². The van der Waals surface area contributed by atoms with Gasteiger partial charge >= 0.3 is 0 Å². The van der Waals surface area contributed by atoms with Gasteiger partial charge in [-0.25, -0.2) is 0 Å². The molecule has 0 bridgehead atoms. The zero-order chi connectivity index (χ0) is 20.8. The summed E-state index contributed by atoms with van der Waals surface area (Å²) >= 11 is 0. The predicted octanol–water partition coefficient (Wildman–Crippen LogP) is 5.34. The van der Waals surface area contributed by atoms with E-state index in [1.807, 2.05) is 31.2 Å². The van der Waals surface area contributed by atoms with E-state index >= 15 is 0 Å². The highest BCUT2D eigenvalue weighted by Crippen LogP contribution is 2.27. The molecule has 0 aliphatic heterocycles. The zero-order valence-corrected chi connectivity index (χ0v) is 16.3. The summed E-state index contributed by atoms with van der Waals surface area (Å²) in [4.78, 5) is 23.4. The molecule has 148 valence electrons. The van der Waals surface area contributed by atoms with Gasteiger partial charge < -0.3 is 10.1 Å². The molecule has 0 saturated carbocycles. The summed E-state index contributed by atoms with van der Waals surface area (Å²) in [7, 11) is 1.58. The van der Waals surface area contributed by atoms with Crippen LogP contribution < -0.4 is 10.1 Å². The van der Waals surface area contributed by atoms with Crippen molar-refractivity contribution < 1.29 is 14.5 Å². The molecule has 0 heterocycles. The van der Waals surface area contributed by atoms with E-state index in [1.54, 1.807) is 43.5 Å². The molecule has 3 aromatic rings. The summed E-state index contributed by atoms with van der Waals surface area (Å²) in [6.07, 6.45) is 0.206. The maximum atomic E-state index is 12.9. The van der Waals surface area contributed by atoms with Gasteiger partial charge in [-0.15, -0.1) is 0 Å². The molecule has 0 aliphatic carbocycles. The molecular formula is C23H22N2O4. The average molecular weight is 390 g/mol. The Hall–Kier alpha value is -3.67. The van der Waals surface area contributed by atoms with Crippen LogP contribution in [-0.4, -0.2) is 17.8 Å². The van der Waals surface area contributed by atoms with Crippen LogP contribution in [0.5, 0.6) is 5.75 Å². The number of nitrogens with zero attached hydrogens (tertiary/aromatic N) is 1. The van der Waals surface area contributed by atoms with Crippen molar-refractivity contribution in [1.29, 1.82) is 0 Å². The Kier molecular flexibility index (Phi) is 6.24. The number of ether oxygens (including phenoxy) is 1. The third-order valence-electron chi connectivity index (χ3n) is 4.70. The number of nitro groups is 1. The van der Waals surface area contributed by atoms with Crippen LogP contribution in [-0.2, 0) is 0 Å². The molecule has 0 radical (unpaired) electrons. The number of rotatable bonds is 8. The molecule has 0 aliphatic rings. The normalized spacial score (nSPS) is 11.5. The van der Waals surface area contributed by atoms with Gasteiger partial charge in [0.1, 0.15) is 5.75 Å².